The topological polar surface area (TPSA) is 65.4 Å². The summed E-state index contributed by atoms with van der Waals surface area (Å²) in [5.74, 6) is -1.16. The van der Waals surface area contributed by atoms with E-state index >= 15 is 0 Å². The van der Waals surface area contributed by atoms with Gasteiger partial charge in [0.1, 0.15) is 11.6 Å². The van der Waals surface area contributed by atoms with Gasteiger partial charge in [0.2, 0.25) is 0 Å². The van der Waals surface area contributed by atoms with Crippen molar-refractivity contribution in [1.29, 1.82) is 0 Å². The highest BCUT2D eigenvalue weighted by Crippen LogP contribution is 2.26. The molecular weight excluding hydrogens is 380 g/mol. The highest BCUT2D eigenvalue weighted by atomic mass is 19.1. The number of aromatic nitrogens is 2. The normalized spacial score (nSPS) is 14.9. The van der Waals surface area contributed by atoms with Gasteiger partial charge >= 0.3 is 0 Å². The van der Waals surface area contributed by atoms with E-state index in [1.54, 1.807) is 10.8 Å². The number of ether oxygens (including phenoxy) is 2. The molecule has 0 atom stereocenters. The van der Waals surface area contributed by atoms with Gasteiger partial charge in [-0.2, -0.15) is 0 Å². The molecule has 1 aromatic carbocycles. The Labute approximate surface area is 166 Å². The number of aryl methyl sites for hydroxylation is 1. The first-order valence-corrected chi connectivity index (χ1v) is 9.56. The van der Waals surface area contributed by atoms with Gasteiger partial charge in [0.05, 0.1) is 5.52 Å². The van der Waals surface area contributed by atoms with E-state index in [0.717, 1.165) is 25.0 Å². The maximum absolute atomic E-state index is 13.9. The summed E-state index contributed by atoms with van der Waals surface area (Å²) in [5.41, 5.74) is 0.306. The zero-order valence-corrected chi connectivity index (χ0v) is 16.0. The number of halogens is 2. The van der Waals surface area contributed by atoms with Gasteiger partial charge < -0.3 is 19.4 Å². The van der Waals surface area contributed by atoms with Gasteiger partial charge in [-0.15, -0.1) is 0 Å². The average Bonchev–Trinajstić information content (AvgIpc) is 2.71. The summed E-state index contributed by atoms with van der Waals surface area (Å²) in [7, 11) is 0. The van der Waals surface area contributed by atoms with E-state index in [1.165, 1.54) is 6.07 Å². The summed E-state index contributed by atoms with van der Waals surface area (Å²) in [6, 6.07) is 6.58. The third-order valence-corrected chi connectivity index (χ3v) is 4.95. The zero-order valence-electron chi connectivity index (χ0n) is 16.0. The highest BCUT2D eigenvalue weighted by molar-refractivity contribution is 5.82. The van der Waals surface area contributed by atoms with Crippen molar-refractivity contribution in [2.45, 2.75) is 32.4 Å². The molecule has 4 rings (SSSR count). The third-order valence-electron chi connectivity index (χ3n) is 4.95. The SMILES string of the molecule is CCn1c(=O)c(Oc2ccc(F)cc2F)cc2cnc(NC3CCOCC3)cc21. The van der Waals surface area contributed by atoms with Crippen molar-refractivity contribution < 1.29 is 18.3 Å². The molecule has 1 fully saturated rings. The molecule has 1 saturated heterocycles. The number of nitrogens with one attached hydrogen (secondary N) is 1. The largest absolute Gasteiger partial charge is 0.448 e. The smallest absolute Gasteiger partial charge is 0.294 e. The lowest BCUT2D eigenvalue weighted by molar-refractivity contribution is 0.0904. The minimum atomic E-state index is -0.873. The molecule has 0 bridgehead atoms. The Morgan fingerprint density at radius 1 is 1.21 bits per heavy atom. The molecule has 0 amide bonds. The Morgan fingerprint density at radius 3 is 2.72 bits per heavy atom. The molecule has 29 heavy (non-hydrogen) atoms. The lowest BCUT2D eigenvalue weighted by Gasteiger charge is -2.23. The number of pyridine rings is 2. The van der Waals surface area contributed by atoms with Crippen LogP contribution in [0.1, 0.15) is 19.8 Å². The summed E-state index contributed by atoms with van der Waals surface area (Å²) in [6.07, 6.45) is 3.45. The molecule has 0 radical (unpaired) electrons. The van der Waals surface area contributed by atoms with Crippen LogP contribution in [-0.2, 0) is 11.3 Å². The van der Waals surface area contributed by atoms with Crippen molar-refractivity contribution in [2.24, 2.45) is 0 Å². The quantitative estimate of drug-likeness (QED) is 0.698. The molecule has 6 nitrogen and oxygen atoms in total. The number of benzene rings is 1. The molecule has 1 aliphatic heterocycles. The van der Waals surface area contributed by atoms with E-state index in [4.69, 9.17) is 9.47 Å². The molecule has 0 unspecified atom stereocenters. The maximum Gasteiger partial charge on any atom is 0.294 e. The zero-order chi connectivity index (χ0) is 20.4. The minimum Gasteiger partial charge on any atom is -0.448 e. The Kier molecular flexibility index (Phi) is 5.44. The number of hydrogen-bond acceptors (Lipinski definition) is 5. The monoisotopic (exact) mass is 401 g/mol. The Balaban J connectivity index is 1.69. The van der Waals surface area contributed by atoms with Crippen molar-refractivity contribution in [1.82, 2.24) is 9.55 Å². The third kappa shape index (κ3) is 4.07. The van der Waals surface area contributed by atoms with Crippen molar-refractivity contribution in [2.75, 3.05) is 18.5 Å². The fraction of sp³-hybridized carbons (Fsp3) is 0.333. The van der Waals surface area contributed by atoms with Crippen LogP contribution < -0.4 is 15.6 Å². The molecule has 152 valence electrons. The van der Waals surface area contributed by atoms with Crippen molar-refractivity contribution in [3.63, 3.8) is 0 Å². The summed E-state index contributed by atoms with van der Waals surface area (Å²) in [6.45, 7) is 3.67. The fourth-order valence-electron chi connectivity index (χ4n) is 3.44. The van der Waals surface area contributed by atoms with Crippen LogP contribution in [0.2, 0.25) is 0 Å². The van der Waals surface area contributed by atoms with E-state index in [2.05, 4.69) is 10.3 Å². The first-order chi connectivity index (χ1) is 14.0. The predicted octanol–water partition coefficient (Wildman–Crippen LogP) is 4.08. The lowest BCUT2D eigenvalue weighted by atomic mass is 10.1. The van der Waals surface area contributed by atoms with E-state index in [-0.39, 0.29) is 17.5 Å². The van der Waals surface area contributed by atoms with Crippen molar-refractivity contribution >= 4 is 16.7 Å². The molecule has 1 aliphatic rings. The molecule has 1 N–H and O–H groups in total. The van der Waals surface area contributed by atoms with Crippen LogP contribution >= 0.6 is 0 Å². The first-order valence-electron chi connectivity index (χ1n) is 9.56. The standard InChI is InChI=1S/C21H21F2N3O3/c1-2-26-17-11-20(25-15-5-7-28-8-6-15)24-12-13(17)9-19(21(26)27)29-18-4-3-14(22)10-16(18)23/h3-4,9-12,15H,2,5-8H2,1H3,(H,24,25). The molecule has 8 heteroatoms. The van der Waals surface area contributed by atoms with Gasteiger partial charge in [0, 0.05) is 49.5 Å². The molecule has 0 spiro atoms. The minimum absolute atomic E-state index is 0.0446. The second-order valence-corrected chi connectivity index (χ2v) is 6.89. The summed E-state index contributed by atoms with van der Waals surface area (Å²) >= 11 is 0. The van der Waals surface area contributed by atoms with Gasteiger partial charge in [0.25, 0.3) is 5.56 Å². The Hall–Kier alpha value is -3.00. The predicted molar refractivity (Wildman–Crippen MR) is 106 cm³/mol. The van der Waals surface area contributed by atoms with E-state index in [9.17, 15) is 13.6 Å². The lowest BCUT2D eigenvalue weighted by Crippen LogP contribution is -2.28. The number of anilines is 1. The highest BCUT2D eigenvalue weighted by Gasteiger charge is 2.16. The van der Waals surface area contributed by atoms with Crippen LogP contribution in [0, 0.1) is 11.6 Å². The van der Waals surface area contributed by atoms with Crippen LogP contribution in [-0.4, -0.2) is 28.8 Å². The van der Waals surface area contributed by atoms with E-state index in [0.29, 0.717) is 42.5 Å². The molecule has 0 saturated carbocycles. The summed E-state index contributed by atoms with van der Waals surface area (Å²) < 4.78 is 39.4. The van der Waals surface area contributed by atoms with E-state index in [1.807, 2.05) is 13.0 Å². The van der Waals surface area contributed by atoms with Gasteiger partial charge in [-0.3, -0.25) is 4.79 Å². The first kappa shape index (κ1) is 19.3. The molecule has 2 aromatic heterocycles. The fourth-order valence-corrected chi connectivity index (χ4v) is 3.44. The Morgan fingerprint density at radius 2 is 2.00 bits per heavy atom. The summed E-state index contributed by atoms with van der Waals surface area (Å²) in [4.78, 5) is 17.3. The molecular formula is C21H21F2N3O3. The Bertz CT molecular complexity index is 1090. The van der Waals surface area contributed by atoms with Crippen LogP contribution in [0.15, 0.2) is 41.3 Å². The van der Waals surface area contributed by atoms with Crippen LogP contribution in [0.3, 0.4) is 0 Å². The molecule has 3 aromatic rings. The van der Waals surface area contributed by atoms with Crippen molar-refractivity contribution in [3.05, 3.63) is 58.5 Å². The van der Waals surface area contributed by atoms with Crippen LogP contribution in [0.25, 0.3) is 10.9 Å². The number of hydrogen-bond donors (Lipinski definition) is 1. The molecule has 3 heterocycles. The van der Waals surface area contributed by atoms with E-state index < -0.39 is 17.2 Å². The van der Waals surface area contributed by atoms with Crippen LogP contribution in [0.5, 0.6) is 11.5 Å². The van der Waals surface area contributed by atoms with Crippen LogP contribution in [0.4, 0.5) is 14.6 Å². The average molecular weight is 401 g/mol. The van der Waals surface area contributed by atoms with Gasteiger partial charge in [-0.05, 0) is 38.0 Å². The van der Waals surface area contributed by atoms with Crippen molar-refractivity contribution in [3.8, 4) is 11.5 Å². The summed E-state index contributed by atoms with van der Waals surface area (Å²) in [5, 5.41) is 4.07. The number of rotatable bonds is 5. The second-order valence-electron chi connectivity index (χ2n) is 6.89. The number of nitrogens with zero attached hydrogens (tertiary/aromatic N) is 2. The second kappa shape index (κ2) is 8.16. The number of fused-ring (bicyclic) bond motifs is 1. The van der Waals surface area contributed by atoms with Gasteiger partial charge in [-0.1, -0.05) is 0 Å². The van der Waals surface area contributed by atoms with Gasteiger partial charge in [0.15, 0.2) is 17.3 Å². The van der Waals surface area contributed by atoms with Gasteiger partial charge in [-0.25, -0.2) is 13.8 Å². The molecule has 0 aliphatic carbocycles. The maximum atomic E-state index is 13.9.